The maximum atomic E-state index is 6.54. The summed E-state index contributed by atoms with van der Waals surface area (Å²) in [5.41, 5.74) is 0.271. The fraction of sp³-hybridized carbons (Fsp3) is 1.00. The van der Waals surface area contributed by atoms with Gasteiger partial charge in [0.25, 0.3) is 0 Å². The van der Waals surface area contributed by atoms with Crippen LogP contribution in [0.3, 0.4) is 0 Å². The van der Waals surface area contributed by atoms with Crippen molar-refractivity contribution in [3.8, 4) is 0 Å². The van der Waals surface area contributed by atoms with Crippen LogP contribution in [0.2, 0.25) is 0 Å². The van der Waals surface area contributed by atoms with E-state index < -0.39 is 4.77 Å². The van der Waals surface area contributed by atoms with E-state index in [1.54, 1.807) is 0 Å². The lowest BCUT2D eigenvalue weighted by molar-refractivity contribution is -0.199. The molecule has 4 heteroatoms. The monoisotopic (exact) mass is 270 g/mol. The normalized spacial score (nSPS) is 48.3. The minimum Gasteiger partial charge on any atom is -0.404 e. The summed E-state index contributed by atoms with van der Waals surface area (Å²) in [4.78, 5) is 0. The quantitative estimate of drug-likeness (QED) is 0.563. The highest BCUT2D eigenvalue weighted by Crippen LogP contribution is 2.66. The fourth-order valence-corrected chi connectivity index (χ4v) is 4.39. The van der Waals surface area contributed by atoms with Crippen LogP contribution in [0.25, 0.3) is 0 Å². The first-order valence-corrected chi connectivity index (χ1v) is 7.62. The highest BCUT2D eigenvalue weighted by Gasteiger charge is 2.69. The Labute approximate surface area is 116 Å². The molecule has 2 bridgehead atoms. The van der Waals surface area contributed by atoms with Crippen molar-refractivity contribution in [3.05, 3.63) is 0 Å². The minimum absolute atomic E-state index is 0.131. The third kappa shape index (κ3) is 1.50. The van der Waals surface area contributed by atoms with E-state index in [-0.39, 0.29) is 18.8 Å². The van der Waals surface area contributed by atoms with Gasteiger partial charge >= 0.3 is 7.12 Å². The van der Waals surface area contributed by atoms with E-state index in [0.717, 1.165) is 18.8 Å². The molecular formula is C14H24BClO2. The van der Waals surface area contributed by atoms with Crippen molar-refractivity contribution in [3.63, 3.8) is 0 Å². The molecule has 0 aromatic heterocycles. The third-order valence-electron chi connectivity index (χ3n) is 6.13. The lowest BCUT2D eigenvalue weighted by Gasteiger charge is -2.64. The first-order chi connectivity index (χ1) is 8.22. The van der Waals surface area contributed by atoms with E-state index in [2.05, 4.69) is 27.7 Å². The van der Waals surface area contributed by atoms with Crippen molar-refractivity contribution < 1.29 is 9.31 Å². The number of alkyl halides is 1. The molecule has 0 spiro atoms. The molecule has 2 nitrogen and oxygen atoms in total. The van der Waals surface area contributed by atoms with Crippen molar-refractivity contribution in [2.24, 2.45) is 17.3 Å². The molecule has 0 N–H and O–H groups in total. The Morgan fingerprint density at radius 3 is 2.56 bits per heavy atom. The van der Waals surface area contributed by atoms with Crippen LogP contribution in [0.5, 0.6) is 0 Å². The van der Waals surface area contributed by atoms with Crippen molar-refractivity contribution in [2.45, 2.75) is 70.4 Å². The number of hydrogen-bond acceptors (Lipinski definition) is 2. The van der Waals surface area contributed by atoms with Crippen LogP contribution in [0.15, 0.2) is 0 Å². The molecule has 0 aromatic carbocycles. The van der Waals surface area contributed by atoms with Gasteiger partial charge < -0.3 is 9.31 Å². The first kappa shape index (κ1) is 13.3. The molecule has 1 aliphatic heterocycles. The van der Waals surface area contributed by atoms with Gasteiger partial charge in [-0.1, -0.05) is 20.8 Å². The Bertz CT molecular complexity index is 371. The Morgan fingerprint density at radius 1 is 1.33 bits per heavy atom. The highest BCUT2D eigenvalue weighted by atomic mass is 35.5. The molecule has 18 heavy (non-hydrogen) atoms. The van der Waals surface area contributed by atoms with Crippen molar-refractivity contribution in [1.82, 2.24) is 0 Å². The Morgan fingerprint density at radius 2 is 2.00 bits per heavy atom. The van der Waals surface area contributed by atoms with Crippen molar-refractivity contribution in [1.29, 1.82) is 0 Å². The maximum Gasteiger partial charge on any atom is 0.479 e. The van der Waals surface area contributed by atoms with Gasteiger partial charge in [0, 0.05) is 0 Å². The van der Waals surface area contributed by atoms with Gasteiger partial charge in [0.2, 0.25) is 0 Å². The number of hydrogen-bond donors (Lipinski definition) is 0. The summed E-state index contributed by atoms with van der Waals surface area (Å²) in [6, 6.07) is 0. The Hall–Kier alpha value is 0.275. The average Bonchev–Trinajstić information content (AvgIpc) is 2.66. The molecule has 5 atom stereocenters. The second-order valence-electron chi connectivity index (χ2n) is 7.43. The topological polar surface area (TPSA) is 18.5 Å². The van der Waals surface area contributed by atoms with E-state index >= 15 is 0 Å². The molecule has 0 amide bonds. The van der Waals surface area contributed by atoms with E-state index in [1.165, 1.54) is 6.42 Å². The van der Waals surface area contributed by atoms with Gasteiger partial charge in [-0.3, -0.25) is 0 Å². The standard InChI is InChI=1S/C14H24BClO2/c1-6-13(4,16)15-17-11-8-9-7-10(12(9,2)3)14(11,5)18-15/h9-11H,6-8H2,1-5H3/t9-,10-,11+,13+,14-/m0/s1. The van der Waals surface area contributed by atoms with Gasteiger partial charge in [-0.2, -0.15) is 0 Å². The lowest BCUT2D eigenvalue weighted by Crippen LogP contribution is -2.65. The molecule has 4 fully saturated rings. The van der Waals surface area contributed by atoms with Gasteiger partial charge in [0.1, 0.15) is 0 Å². The van der Waals surface area contributed by atoms with Gasteiger partial charge in [0.05, 0.1) is 16.5 Å². The smallest absolute Gasteiger partial charge is 0.404 e. The van der Waals surface area contributed by atoms with Gasteiger partial charge in [-0.05, 0) is 50.4 Å². The van der Waals surface area contributed by atoms with Crippen LogP contribution in [-0.4, -0.2) is 23.6 Å². The fourth-order valence-electron chi connectivity index (χ4n) is 4.29. The molecule has 3 saturated carbocycles. The second-order valence-corrected chi connectivity index (χ2v) is 8.30. The summed E-state index contributed by atoms with van der Waals surface area (Å²) in [5.74, 6) is 1.41. The van der Waals surface area contributed by atoms with Gasteiger partial charge in [0.15, 0.2) is 0 Å². The largest absolute Gasteiger partial charge is 0.479 e. The molecule has 0 radical (unpaired) electrons. The SMILES string of the molecule is CC[C@@](C)(Cl)B1O[C@@H]2C[C@@H]3C[C@@H](C3(C)C)[C@]2(C)O1. The van der Waals surface area contributed by atoms with Crippen LogP contribution in [-0.2, 0) is 9.31 Å². The summed E-state index contributed by atoms with van der Waals surface area (Å²) in [6.45, 7) is 11.1. The summed E-state index contributed by atoms with van der Waals surface area (Å²) in [5, 5.41) is 0. The van der Waals surface area contributed by atoms with Gasteiger partial charge in [-0.15, -0.1) is 11.6 Å². The molecule has 0 aromatic rings. The zero-order chi connectivity index (χ0) is 13.3. The maximum absolute atomic E-state index is 6.54. The van der Waals surface area contributed by atoms with E-state index in [4.69, 9.17) is 20.9 Å². The Balaban J connectivity index is 1.85. The zero-order valence-corrected chi connectivity index (χ0v) is 12.9. The van der Waals surface area contributed by atoms with Crippen LogP contribution in [0, 0.1) is 17.3 Å². The molecule has 1 saturated heterocycles. The average molecular weight is 271 g/mol. The minimum atomic E-state index is -0.408. The van der Waals surface area contributed by atoms with Gasteiger partial charge in [-0.25, -0.2) is 0 Å². The predicted molar refractivity (Wildman–Crippen MR) is 74.7 cm³/mol. The summed E-state index contributed by atoms with van der Waals surface area (Å²) in [7, 11) is -0.255. The second kappa shape index (κ2) is 3.68. The number of rotatable bonds is 2. The molecule has 3 aliphatic carbocycles. The molecular weight excluding hydrogens is 246 g/mol. The van der Waals surface area contributed by atoms with Crippen LogP contribution in [0.1, 0.15) is 53.9 Å². The molecule has 4 rings (SSSR count). The van der Waals surface area contributed by atoms with E-state index in [0.29, 0.717) is 11.3 Å². The Kier molecular flexibility index (Phi) is 2.71. The molecule has 4 aliphatic rings. The summed E-state index contributed by atoms with van der Waals surface area (Å²) < 4.78 is 12.1. The highest BCUT2D eigenvalue weighted by molar-refractivity contribution is 6.62. The summed E-state index contributed by atoms with van der Waals surface area (Å²) >= 11 is 6.54. The van der Waals surface area contributed by atoms with E-state index in [1.807, 2.05) is 6.92 Å². The van der Waals surface area contributed by atoms with Crippen molar-refractivity contribution in [2.75, 3.05) is 0 Å². The predicted octanol–water partition coefficient (Wildman–Crippen LogP) is 3.66. The van der Waals surface area contributed by atoms with Crippen LogP contribution >= 0.6 is 11.6 Å². The van der Waals surface area contributed by atoms with Crippen molar-refractivity contribution >= 4 is 18.7 Å². The first-order valence-electron chi connectivity index (χ1n) is 7.24. The van der Waals surface area contributed by atoms with Crippen LogP contribution in [0.4, 0.5) is 0 Å². The lowest BCUT2D eigenvalue weighted by atomic mass is 9.43. The third-order valence-corrected chi connectivity index (χ3v) is 6.58. The number of halogens is 1. The van der Waals surface area contributed by atoms with Crippen LogP contribution < -0.4 is 0 Å². The summed E-state index contributed by atoms with van der Waals surface area (Å²) in [6.07, 6.45) is 3.53. The molecule has 0 unspecified atom stereocenters. The molecule has 1 heterocycles. The van der Waals surface area contributed by atoms with E-state index in [9.17, 15) is 0 Å². The zero-order valence-electron chi connectivity index (χ0n) is 12.1. The molecule has 102 valence electrons.